The lowest BCUT2D eigenvalue weighted by molar-refractivity contribution is -0.146. The number of allylic oxidation sites excluding steroid dienone is 1. The van der Waals surface area contributed by atoms with Gasteiger partial charge in [-0.1, -0.05) is 12.1 Å². The Bertz CT molecular complexity index is 1320. The van der Waals surface area contributed by atoms with E-state index in [0.717, 1.165) is 11.1 Å². The third-order valence-electron chi connectivity index (χ3n) is 7.02. The number of likely N-dealkylation sites (tertiary alicyclic amines) is 1. The van der Waals surface area contributed by atoms with Crippen LogP contribution in [0.4, 0.5) is 10.1 Å². The van der Waals surface area contributed by atoms with Gasteiger partial charge in [-0.2, -0.15) is 0 Å². The number of esters is 1. The number of ether oxygens (including phenoxy) is 2. The Balaban J connectivity index is 1.38. The summed E-state index contributed by atoms with van der Waals surface area (Å²) in [6, 6.07) is 11.5. The summed E-state index contributed by atoms with van der Waals surface area (Å²) in [4.78, 5) is 39.2. The number of amides is 2. The van der Waals surface area contributed by atoms with Crippen LogP contribution in [0.2, 0.25) is 0 Å². The van der Waals surface area contributed by atoms with E-state index in [1.54, 1.807) is 23.1 Å². The van der Waals surface area contributed by atoms with Gasteiger partial charge in [0.05, 0.1) is 24.3 Å². The molecule has 0 atom stereocenters. The number of carbonyl (C=O) groups excluding carboxylic acids is 3. The van der Waals surface area contributed by atoms with Crippen molar-refractivity contribution in [2.24, 2.45) is 5.92 Å². The first-order chi connectivity index (χ1) is 17.2. The van der Waals surface area contributed by atoms with E-state index in [1.807, 2.05) is 32.1 Å². The predicted octanol–water partition coefficient (Wildman–Crippen LogP) is 4.41. The quantitative estimate of drug-likeness (QED) is 0.509. The van der Waals surface area contributed by atoms with E-state index in [2.05, 4.69) is 5.32 Å². The van der Waals surface area contributed by atoms with Crippen LogP contribution in [0.5, 0.6) is 0 Å². The Morgan fingerprint density at radius 2 is 1.81 bits per heavy atom. The number of piperidine rings is 1. The Hall–Kier alpha value is -3.94. The van der Waals surface area contributed by atoms with Gasteiger partial charge in [0.1, 0.15) is 17.2 Å². The zero-order valence-electron chi connectivity index (χ0n) is 20.4. The Kier molecular flexibility index (Phi) is 5.90. The molecule has 0 saturated carbocycles. The van der Waals surface area contributed by atoms with E-state index >= 15 is 0 Å². The topological polar surface area (TPSA) is 84.9 Å². The molecule has 36 heavy (non-hydrogen) atoms. The standard InChI is InChI=1S/C28H27FN2O5/c1-28(2)21(15-23(36-28)24-20-9-8-19(29)14-22(20)30-25(24)32)16-4-6-17(7-5-16)26(33)31-12-10-18(11-13-31)27(34)35-3/h4-9,14-15,18H,10-13H2,1-3H3,(H,30,32). The largest absolute Gasteiger partial charge is 0.482 e. The predicted molar refractivity (Wildman–Crippen MR) is 132 cm³/mol. The number of halogens is 1. The molecule has 2 amide bonds. The van der Waals surface area contributed by atoms with Crippen molar-refractivity contribution in [2.75, 3.05) is 25.5 Å². The van der Waals surface area contributed by atoms with Gasteiger partial charge < -0.3 is 19.7 Å². The first kappa shape index (κ1) is 23.8. The number of benzene rings is 2. The molecule has 3 aliphatic rings. The van der Waals surface area contributed by atoms with Crippen LogP contribution in [0.25, 0.3) is 11.1 Å². The van der Waals surface area contributed by atoms with Crippen LogP contribution < -0.4 is 5.32 Å². The molecule has 8 heteroatoms. The number of hydrogen-bond acceptors (Lipinski definition) is 5. The highest BCUT2D eigenvalue weighted by Gasteiger charge is 2.38. The van der Waals surface area contributed by atoms with Crippen molar-refractivity contribution in [1.82, 2.24) is 4.90 Å². The minimum absolute atomic E-state index is 0.0740. The van der Waals surface area contributed by atoms with Gasteiger partial charge in [-0.05, 0) is 68.7 Å². The summed E-state index contributed by atoms with van der Waals surface area (Å²) in [7, 11) is 1.38. The SMILES string of the molecule is COC(=O)C1CCN(C(=O)c2ccc(C3=CC(=C4C(=O)Nc5cc(F)ccc54)OC3(C)C)cc2)CC1. The number of methoxy groups -OCH3 is 1. The molecule has 0 aromatic heterocycles. The van der Waals surface area contributed by atoms with Crippen molar-refractivity contribution in [3.8, 4) is 0 Å². The van der Waals surface area contributed by atoms with Crippen LogP contribution in [0, 0.1) is 11.7 Å². The summed E-state index contributed by atoms with van der Waals surface area (Å²) in [6.07, 6.45) is 3.02. The van der Waals surface area contributed by atoms with Gasteiger partial charge in [0.2, 0.25) is 0 Å². The minimum atomic E-state index is -0.716. The van der Waals surface area contributed by atoms with Crippen LogP contribution in [0.3, 0.4) is 0 Å². The molecule has 0 radical (unpaired) electrons. The van der Waals surface area contributed by atoms with Crippen LogP contribution >= 0.6 is 0 Å². The molecule has 0 spiro atoms. The van der Waals surface area contributed by atoms with Gasteiger partial charge in [0, 0.05) is 29.8 Å². The first-order valence-corrected chi connectivity index (χ1v) is 11.9. The fourth-order valence-electron chi connectivity index (χ4n) is 5.07. The molecule has 0 aliphatic carbocycles. The van der Waals surface area contributed by atoms with E-state index in [9.17, 15) is 18.8 Å². The van der Waals surface area contributed by atoms with Gasteiger partial charge in [-0.15, -0.1) is 0 Å². The molecule has 1 N–H and O–H groups in total. The third-order valence-corrected chi connectivity index (χ3v) is 7.02. The number of nitrogens with zero attached hydrogens (tertiary/aromatic N) is 1. The second-order valence-electron chi connectivity index (χ2n) is 9.72. The van der Waals surface area contributed by atoms with Gasteiger partial charge in [-0.25, -0.2) is 4.39 Å². The Morgan fingerprint density at radius 3 is 2.47 bits per heavy atom. The molecule has 7 nitrogen and oxygen atoms in total. The molecule has 0 unspecified atom stereocenters. The number of anilines is 1. The van der Waals surface area contributed by atoms with Crippen molar-refractivity contribution in [3.05, 3.63) is 76.8 Å². The molecule has 186 valence electrons. The van der Waals surface area contributed by atoms with Crippen molar-refractivity contribution >= 4 is 34.6 Å². The monoisotopic (exact) mass is 490 g/mol. The number of nitrogens with one attached hydrogen (secondary N) is 1. The lowest BCUT2D eigenvalue weighted by Gasteiger charge is -2.30. The van der Waals surface area contributed by atoms with Crippen LogP contribution in [0.15, 0.2) is 54.3 Å². The summed E-state index contributed by atoms with van der Waals surface area (Å²) < 4.78 is 24.6. The summed E-state index contributed by atoms with van der Waals surface area (Å²) in [6.45, 7) is 4.85. The maximum absolute atomic E-state index is 13.6. The number of fused-ring (bicyclic) bond motifs is 1. The van der Waals surface area contributed by atoms with Gasteiger partial charge in [-0.3, -0.25) is 14.4 Å². The number of carbonyl (C=O) groups is 3. The van der Waals surface area contributed by atoms with Crippen molar-refractivity contribution < 1.29 is 28.2 Å². The van der Waals surface area contributed by atoms with Crippen molar-refractivity contribution in [2.45, 2.75) is 32.3 Å². The van der Waals surface area contributed by atoms with E-state index < -0.39 is 11.4 Å². The molecular weight excluding hydrogens is 463 g/mol. The van der Waals surface area contributed by atoms with Gasteiger partial charge in [0.15, 0.2) is 0 Å². The molecule has 0 bridgehead atoms. The number of hydrogen-bond donors (Lipinski definition) is 1. The smallest absolute Gasteiger partial charge is 0.308 e. The van der Waals surface area contributed by atoms with Gasteiger partial charge >= 0.3 is 5.97 Å². The molecule has 2 aromatic rings. The molecule has 3 heterocycles. The average molecular weight is 491 g/mol. The lowest BCUT2D eigenvalue weighted by atomic mass is 9.91. The minimum Gasteiger partial charge on any atom is -0.482 e. The Morgan fingerprint density at radius 1 is 1.11 bits per heavy atom. The normalized spacial score (nSPS) is 20.9. The maximum atomic E-state index is 13.6. The molecule has 1 saturated heterocycles. The Labute approximate surface area is 208 Å². The molecular formula is C28H27FN2O5. The second-order valence-corrected chi connectivity index (χ2v) is 9.72. The summed E-state index contributed by atoms with van der Waals surface area (Å²) in [5.74, 6) is -0.792. The summed E-state index contributed by atoms with van der Waals surface area (Å²) in [5.41, 5.74) is 2.98. The van der Waals surface area contributed by atoms with E-state index in [0.29, 0.717) is 54.1 Å². The maximum Gasteiger partial charge on any atom is 0.308 e. The van der Waals surface area contributed by atoms with Crippen LogP contribution in [-0.4, -0.2) is 48.5 Å². The molecule has 2 aromatic carbocycles. The number of rotatable bonds is 3. The highest BCUT2D eigenvalue weighted by atomic mass is 19.1. The third kappa shape index (κ3) is 4.17. The average Bonchev–Trinajstić information content (AvgIpc) is 3.37. The first-order valence-electron chi connectivity index (χ1n) is 11.9. The summed E-state index contributed by atoms with van der Waals surface area (Å²) >= 11 is 0. The molecule has 5 rings (SSSR count). The van der Waals surface area contributed by atoms with Crippen molar-refractivity contribution in [3.63, 3.8) is 0 Å². The summed E-state index contributed by atoms with van der Waals surface area (Å²) in [5, 5.41) is 2.70. The van der Waals surface area contributed by atoms with Crippen molar-refractivity contribution in [1.29, 1.82) is 0 Å². The zero-order valence-corrected chi connectivity index (χ0v) is 20.4. The highest BCUT2D eigenvalue weighted by Crippen LogP contribution is 2.44. The fourth-order valence-corrected chi connectivity index (χ4v) is 5.07. The fraction of sp³-hybridized carbons (Fsp3) is 0.321. The van der Waals surface area contributed by atoms with E-state index in [1.165, 1.54) is 19.2 Å². The molecule has 3 aliphatic heterocycles. The van der Waals surface area contributed by atoms with Crippen LogP contribution in [0.1, 0.15) is 48.2 Å². The highest BCUT2D eigenvalue weighted by molar-refractivity contribution is 6.32. The van der Waals surface area contributed by atoms with Gasteiger partial charge in [0.25, 0.3) is 11.8 Å². The zero-order chi connectivity index (χ0) is 25.6. The van der Waals surface area contributed by atoms with E-state index in [4.69, 9.17) is 9.47 Å². The van der Waals surface area contributed by atoms with E-state index in [-0.39, 0.29) is 23.7 Å². The van der Waals surface area contributed by atoms with Crippen LogP contribution in [-0.2, 0) is 19.1 Å². The second kappa shape index (κ2) is 8.93. The lowest BCUT2D eigenvalue weighted by Crippen LogP contribution is -2.40. The molecule has 1 fully saturated rings.